The summed E-state index contributed by atoms with van der Waals surface area (Å²) in [5.74, 6) is 1.49. The van der Waals surface area contributed by atoms with Gasteiger partial charge in [0.2, 0.25) is 0 Å². The second-order valence-electron chi connectivity index (χ2n) is 11.4. The number of ether oxygens (including phenoxy) is 2. The Balaban J connectivity index is 1.47. The standard InChI is InChI=1S/C25H34F3N5O2/c1-24(2,3)12-22-31-18(17-10-21(23(29)30-13-17)35-25(26,27)28)14-33(22)20-11-19(15-8-16(20)9-15)32-4-6-34-7-5-32/h10,13-16,19-20H,4-9,11-12H2,1-3H3,(H2,29,30)/t15?,16?,19-,20+/m1/s1. The van der Waals surface area contributed by atoms with Crippen molar-refractivity contribution < 1.29 is 22.6 Å². The predicted octanol–water partition coefficient (Wildman–Crippen LogP) is 4.69. The zero-order valence-corrected chi connectivity index (χ0v) is 20.5. The topological polar surface area (TPSA) is 78.4 Å². The van der Waals surface area contributed by atoms with Crippen molar-refractivity contribution in [1.29, 1.82) is 0 Å². The Morgan fingerprint density at radius 1 is 1.09 bits per heavy atom. The zero-order chi connectivity index (χ0) is 25.0. The molecular formula is C25H34F3N5O2. The average Bonchev–Trinajstić information content (AvgIpc) is 3.16. The van der Waals surface area contributed by atoms with Gasteiger partial charge >= 0.3 is 6.36 Å². The van der Waals surface area contributed by atoms with E-state index in [-0.39, 0.29) is 11.2 Å². The van der Waals surface area contributed by atoms with E-state index in [1.165, 1.54) is 25.1 Å². The molecule has 0 amide bonds. The summed E-state index contributed by atoms with van der Waals surface area (Å²) in [5.41, 5.74) is 6.70. The molecule has 2 aromatic rings. The van der Waals surface area contributed by atoms with Gasteiger partial charge in [-0.15, -0.1) is 13.2 Å². The number of alkyl halides is 3. The molecular weight excluding hydrogens is 459 g/mol. The summed E-state index contributed by atoms with van der Waals surface area (Å²) in [5, 5.41) is 0. The number of hydrogen-bond donors (Lipinski definition) is 1. The molecule has 2 aromatic heterocycles. The van der Waals surface area contributed by atoms with E-state index in [9.17, 15) is 13.2 Å². The van der Waals surface area contributed by atoms with Crippen molar-refractivity contribution in [2.24, 2.45) is 17.3 Å². The highest BCUT2D eigenvalue weighted by Gasteiger charge is 2.49. The third kappa shape index (κ3) is 5.28. The van der Waals surface area contributed by atoms with E-state index in [0.29, 0.717) is 29.3 Å². The molecule has 3 heterocycles. The highest BCUT2D eigenvalue weighted by molar-refractivity contribution is 5.63. The van der Waals surface area contributed by atoms with Crippen molar-refractivity contribution in [3.05, 3.63) is 24.3 Å². The van der Waals surface area contributed by atoms with Crippen LogP contribution in [0.2, 0.25) is 0 Å². The molecule has 7 nitrogen and oxygen atoms in total. The fourth-order valence-electron chi connectivity index (χ4n) is 5.93. The summed E-state index contributed by atoms with van der Waals surface area (Å²) in [6, 6.07) is 2.13. The molecule has 0 unspecified atom stereocenters. The number of pyridine rings is 1. The molecule has 2 bridgehead atoms. The minimum Gasteiger partial charge on any atom is -0.402 e. The van der Waals surface area contributed by atoms with E-state index in [2.05, 4.69) is 40.0 Å². The second-order valence-corrected chi connectivity index (χ2v) is 11.4. The molecule has 2 atom stereocenters. The smallest absolute Gasteiger partial charge is 0.402 e. The number of imidazole rings is 1. The first kappa shape index (κ1) is 24.4. The summed E-state index contributed by atoms with van der Waals surface area (Å²) >= 11 is 0. The molecule has 4 fully saturated rings. The summed E-state index contributed by atoms with van der Waals surface area (Å²) in [7, 11) is 0. The zero-order valence-electron chi connectivity index (χ0n) is 20.5. The summed E-state index contributed by atoms with van der Waals surface area (Å²) in [6.07, 6.45) is 2.85. The Bertz CT molecular complexity index is 1050. The molecule has 2 N–H and O–H groups in total. The van der Waals surface area contributed by atoms with E-state index >= 15 is 0 Å². The molecule has 1 aliphatic heterocycles. The van der Waals surface area contributed by atoms with Crippen molar-refractivity contribution >= 4 is 5.82 Å². The Kier molecular flexibility index (Phi) is 6.24. The molecule has 4 aliphatic rings. The number of nitrogens with two attached hydrogens (primary N) is 1. The van der Waals surface area contributed by atoms with Gasteiger partial charge < -0.3 is 19.8 Å². The number of hydrogen-bond acceptors (Lipinski definition) is 6. The summed E-state index contributed by atoms with van der Waals surface area (Å²) in [4.78, 5) is 11.4. The monoisotopic (exact) mass is 493 g/mol. The van der Waals surface area contributed by atoms with Gasteiger partial charge in [0.25, 0.3) is 0 Å². The first-order chi connectivity index (χ1) is 16.5. The van der Waals surface area contributed by atoms with Crippen LogP contribution in [0.15, 0.2) is 18.5 Å². The van der Waals surface area contributed by atoms with Crippen LogP contribution in [0, 0.1) is 17.3 Å². The highest BCUT2D eigenvalue weighted by Crippen LogP contribution is 2.53. The van der Waals surface area contributed by atoms with Crippen LogP contribution in [0.25, 0.3) is 11.3 Å². The number of aromatic nitrogens is 3. The third-order valence-corrected chi connectivity index (χ3v) is 7.55. The van der Waals surface area contributed by atoms with E-state index in [1.807, 2.05) is 6.20 Å². The van der Waals surface area contributed by atoms with E-state index in [1.54, 1.807) is 0 Å². The van der Waals surface area contributed by atoms with Crippen molar-refractivity contribution in [1.82, 2.24) is 19.4 Å². The molecule has 0 spiro atoms. The quantitative estimate of drug-likeness (QED) is 0.651. The largest absolute Gasteiger partial charge is 0.573 e. The molecule has 0 radical (unpaired) electrons. The lowest BCUT2D eigenvalue weighted by atomic mass is 9.59. The molecule has 6 rings (SSSR count). The van der Waals surface area contributed by atoms with Crippen LogP contribution in [0.3, 0.4) is 0 Å². The van der Waals surface area contributed by atoms with Gasteiger partial charge in [-0.3, -0.25) is 4.90 Å². The van der Waals surface area contributed by atoms with Crippen LogP contribution in [0.4, 0.5) is 19.0 Å². The number of nitrogen functional groups attached to an aromatic ring is 1. The van der Waals surface area contributed by atoms with Gasteiger partial charge in [0, 0.05) is 49.6 Å². The van der Waals surface area contributed by atoms with Crippen LogP contribution in [0.1, 0.15) is 51.9 Å². The van der Waals surface area contributed by atoms with Crippen molar-refractivity contribution in [3.63, 3.8) is 0 Å². The van der Waals surface area contributed by atoms with Crippen LogP contribution in [-0.4, -0.2) is 58.1 Å². The van der Waals surface area contributed by atoms with Crippen LogP contribution in [0.5, 0.6) is 5.75 Å². The molecule has 1 saturated heterocycles. The van der Waals surface area contributed by atoms with Gasteiger partial charge in [0.1, 0.15) is 5.82 Å². The van der Waals surface area contributed by atoms with E-state index in [4.69, 9.17) is 15.5 Å². The minimum absolute atomic E-state index is 0.00468. The number of morpholine rings is 1. The second kappa shape index (κ2) is 8.96. The number of nitrogens with zero attached hydrogens (tertiary/aromatic N) is 4. The fourth-order valence-corrected chi connectivity index (χ4v) is 5.93. The normalized spacial score (nSPS) is 27.5. The predicted molar refractivity (Wildman–Crippen MR) is 126 cm³/mol. The van der Waals surface area contributed by atoms with Gasteiger partial charge in [-0.25, -0.2) is 9.97 Å². The highest BCUT2D eigenvalue weighted by atomic mass is 19.4. The Morgan fingerprint density at radius 3 is 2.43 bits per heavy atom. The fraction of sp³-hybridized carbons (Fsp3) is 0.680. The van der Waals surface area contributed by atoms with Crippen molar-refractivity contribution in [3.8, 4) is 17.0 Å². The van der Waals surface area contributed by atoms with Crippen molar-refractivity contribution in [2.45, 2.75) is 64.9 Å². The lowest BCUT2D eigenvalue weighted by molar-refractivity contribution is -0.274. The third-order valence-electron chi connectivity index (χ3n) is 7.55. The number of rotatable bonds is 5. The average molecular weight is 494 g/mol. The van der Waals surface area contributed by atoms with Gasteiger partial charge in [-0.1, -0.05) is 20.8 Å². The Labute approximate surface area is 203 Å². The first-order valence-corrected chi connectivity index (χ1v) is 12.4. The molecule has 35 heavy (non-hydrogen) atoms. The minimum atomic E-state index is -4.84. The van der Waals surface area contributed by atoms with Gasteiger partial charge in [0.15, 0.2) is 11.6 Å². The Morgan fingerprint density at radius 2 is 1.77 bits per heavy atom. The van der Waals surface area contributed by atoms with Crippen LogP contribution < -0.4 is 10.5 Å². The van der Waals surface area contributed by atoms with Crippen LogP contribution in [-0.2, 0) is 11.2 Å². The molecule has 3 saturated carbocycles. The van der Waals surface area contributed by atoms with Crippen molar-refractivity contribution in [2.75, 3.05) is 32.0 Å². The molecule has 3 aliphatic carbocycles. The Hall–Kier alpha value is -2.33. The lowest BCUT2D eigenvalue weighted by Gasteiger charge is -2.55. The maximum atomic E-state index is 12.9. The molecule has 0 aromatic carbocycles. The maximum Gasteiger partial charge on any atom is 0.573 e. The number of anilines is 1. The van der Waals surface area contributed by atoms with E-state index in [0.717, 1.165) is 50.9 Å². The lowest BCUT2D eigenvalue weighted by Crippen LogP contribution is -2.56. The number of halogens is 3. The summed E-state index contributed by atoms with van der Waals surface area (Å²) in [6.45, 7) is 10.0. The SMILES string of the molecule is CC(C)(C)Cc1nc(-c2cnc(N)c(OC(F)(F)F)c2)cn1[C@H]1C[C@@H](N2CCOCC2)C2CC1C2. The number of fused-ring (bicyclic) bond motifs is 2. The molecule has 192 valence electrons. The van der Waals surface area contributed by atoms with E-state index < -0.39 is 12.1 Å². The van der Waals surface area contributed by atoms with Gasteiger partial charge in [0.05, 0.1) is 18.9 Å². The van der Waals surface area contributed by atoms with Crippen LogP contribution >= 0.6 is 0 Å². The summed E-state index contributed by atoms with van der Waals surface area (Å²) < 4.78 is 50.5. The first-order valence-electron chi connectivity index (χ1n) is 12.4. The maximum absolute atomic E-state index is 12.9. The molecule has 10 heteroatoms. The van der Waals surface area contributed by atoms with Gasteiger partial charge in [-0.05, 0) is 42.6 Å². The van der Waals surface area contributed by atoms with Gasteiger partial charge in [-0.2, -0.15) is 0 Å².